The zero-order chi connectivity index (χ0) is 23.9. The highest BCUT2D eigenvalue weighted by Crippen LogP contribution is 2.22. The van der Waals surface area contributed by atoms with Gasteiger partial charge >= 0.3 is 6.09 Å². The molecule has 34 heavy (non-hydrogen) atoms. The molecule has 0 saturated carbocycles. The summed E-state index contributed by atoms with van der Waals surface area (Å²) < 4.78 is 7.21. The Hall–Kier alpha value is -3.46. The summed E-state index contributed by atoms with van der Waals surface area (Å²) in [4.78, 5) is 28.9. The van der Waals surface area contributed by atoms with E-state index in [4.69, 9.17) is 4.74 Å². The number of hydrogen-bond acceptors (Lipinski definition) is 7. The number of hydrogen-bond donors (Lipinski definition) is 1. The van der Waals surface area contributed by atoms with Crippen molar-refractivity contribution in [3.8, 4) is 0 Å². The summed E-state index contributed by atoms with van der Waals surface area (Å²) >= 11 is 0. The highest BCUT2D eigenvalue weighted by atomic mass is 16.6. The minimum atomic E-state index is -0.369. The highest BCUT2D eigenvalue weighted by Gasteiger charge is 2.25. The van der Waals surface area contributed by atoms with Gasteiger partial charge in [-0.3, -0.25) is 9.80 Å². The summed E-state index contributed by atoms with van der Waals surface area (Å²) in [6.07, 6.45) is 6.45. The molecule has 0 aliphatic carbocycles. The van der Waals surface area contributed by atoms with Crippen LogP contribution in [0.2, 0.25) is 0 Å². The number of carbonyl (C=O) groups is 1. The van der Waals surface area contributed by atoms with Crippen molar-refractivity contribution in [1.29, 1.82) is 0 Å². The number of nitrogens with zero attached hydrogens (tertiary/aromatic N) is 6. The molecule has 1 saturated heterocycles. The lowest BCUT2D eigenvalue weighted by Gasteiger charge is -2.27. The minimum Gasteiger partial charge on any atom is -0.447 e. The SMILES string of the molecule is CC(Nc1nccc(N2CCOC2=O)n1)c1ccc(CN2CCn3ccnc3C2)cc1.CCC. The molecule has 1 unspecified atom stereocenters. The van der Waals surface area contributed by atoms with Gasteiger partial charge in [-0.2, -0.15) is 4.98 Å². The van der Waals surface area contributed by atoms with Crippen LogP contribution >= 0.6 is 0 Å². The number of anilines is 2. The molecule has 3 aromatic rings. The average Bonchev–Trinajstić information content (AvgIpc) is 3.48. The lowest BCUT2D eigenvalue weighted by Crippen LogP contribution is -2.33. The molecule has 9 nitrogen and oxygen atoms in total. The van der Waals surface area contributed by atoms with Gasteiger partial charge in [0.2, 0.25) is 5.95 Å². The summed E-state index contributed by atoms with van der Waals surface area (Å²) in [5.74, 6) is 2.16. The van der Waals surface area contributed by atoms with Gasteiger partial charge in [0, 0.05) is 38.2 Å². The third-order valence-corrected chi connectivity index (χ3v) is 5.73. The first-order chi connectivity index (χ1) is 16.6. The van der Waals surface area contributed by atoms with E-state index in [2.05, 4.69) is 74.8 Å². The van der Waals surface area contributed by atoms with Crippen molar-refractivity contribution in [3.63, 3.8) is 0 Å². The lowest BCUT2D eigenvalue weighted by atomic mass is 10.1. The van der Waals surface area contributed by atoms with Gasteiger partial charge in [-0.05, 0) is 24.1 Å². The van der Waals surface area contributed by atoms with Crippen molar-refractivity contribution in [1.82, 2.24) is 24.4 Å². The molecule has 1 N–H and O–H groups in total. The van der Waals surface area contributed by atoms with Crippen LogP contribution in [0.4, 0.5) is 16.6 Å². The number of amides is 1. The van der Waals surface area contributed by atoms with E-state index in [0.29, 0.717) is 24.9 Å². The Morgan fingerprint density at radius 1 is 1.06 bits per heavy atom. The number of imidazole rings is 1. The number of rotatable bonds is 6. The van der Waals surface area contributed by atoms with Crippen molar-refractivity contribution in [3.05, 3.63) is 65.9 Å². The first-order valence-electron chi connectivity index (χ1n) is 11.9. The summed E-state index contributed by atoms with van der Waals surface area (Å²) in [5.41, 5.74) is 2.43. The number of nitrogens with one attached hydrogen (secondary N) is 1. The third kappa shape index (κ3) is 5.72. The number of fused-ring (bicyclic) bond motifs is 1. The van der Waals surface area contributed by atoms with Gasteiger partial charge in [0.1, 0.15) is 18.2 Å². The highest BCUT2D eigenvalue weighted by molar-refractivity contribution is 5.88. The fourth-order valence-electron chi connectivity index (χ4n) is 3.98. The Kier molecular flexibility index (Phi) is 7.74. The summed E-state index contributed by atoms with van der Waals surface area (Å²) in [6.45, 7) is 11.0. The topological polar surface area (TPSA) is 88.4 Å². The van der Waals surface area contributed by atoms with Crippen LogP contribution in [0.5, 0.6) is 0 Å². The van der Waals surface area contributed by atoms with Crippen LogP contribution in [-0.2, 0) is 24.4 Å². The molecule has 1 amide bonds. The van der Waals surface area contributed by atoms with Crippen LogP contribution < -0.4 is 10.2 Å². The third-order valence-electron chi connectivity index (χ3n) is 5.73. The number of ether oxygens (including phenoxy) is 1. The Labute approximate surface area is 200 Å². The molecule has 2 aromatic heterocycles. The summed E-state index contributed by atoms with van der Waals surface area (Å²) in [5, 5.41) is 3.32. The molecule has 1 fully saturated rings. The monoisotopic (exact) mass is 463 g/mol. The molecule has 4 heterocycles. The molecular formula is C25H33N7O2. The molecule has 0 bridgehead atoms. The molecule has 2 aliphatic heterocycles. The van der Waals surface area contributed by atoms with Gasteiger partial charge < -0.3 is 14.6 Å². The number of carbonyl (C=O) groups excluding carboxylic acids is 1. The second-order valence-electron chi connectivity index (χ2n) is 8.57. The van der Waals surface area contributed by atoms with Crippen LogP contribution in [0.3, 0.4) is 0 Å². The molecule has 2 aliphatic rings. The second kappa shape index (κ2) is 11.1. The first-order valence-corrected chi connectivity index (χ1v) is 11.9. The van der Waals surface area contributed by atoms with Crippen molar-refractivity contribution in [2.75, 3.05) is 29.9 Å². The Morgan fingerprint density at radius 3 is 2.59 bits per heavy atom. The van der Waals surface area contributed by atoms with Crippen molar-refractivity contribution in [2.45, 2.75) is 52.9 Å². The maximum absolute atomic E-state index is 11.8. The van der Waals surface area contributed by atoms with Crippen LogP contribution in [0.1, 0.15) is 50.2 Å². The Morgan fingerprint density at radius 2 is 1.85 bits per heavy atom. The number of benzene rings is 1. The van der Waals surface area contributed by atoms with Gasteiger partial charge in [-0.1, -0.05) is 44.5 Å². The van der Waals surface area contributed by atoms with Gasteiger partial charge in [0.15, 0.2) is 0 Å². The van der Waals surface area contributed by atoms with Crippen molar-refractivity contribution >= 4 is 17.9 Å². The van der Waals surface area contributed by atoms with Crippen LogP contribution in [0.15, 0.2) is 48.9 Å². The van der Waals surface area contributed by atoms with E-state index in [9.17, 15) is 4.79 Å². The predicted octanol–water partition coefficient (Wildman–Crippen LogP) is 4.23. The Balaban J connectivity index is 0.000000868. The summed E-state index contributed by atoms with van der Waals surface area (Å²) in [7, 11) is 0. The molecule has 1 atom stereocenters. The standard InChI is InChI=1S/C22H25N7O2.C3H8/c1-16(25-21-24-7-6-19(26-21)29-12-13-31-22(29)30)18-4-2-17(3-5-18)14-27-10-11-28-9-8-23-20(28)15-27;1-3-2/h2-9,16H,10-15H2,1H3,(H,24,25,26);3H2,1-2H3. The fraction of sp³-hybridized carbons (Fsp3) is 0.440. The quantitative estimate of drug-likeness (QED) is 0.585. The van der Waals surface area contributed by atoms with E-state index >= 15 is 0 Å². The normalized spacial score (nSPS) is 16.3. The first kappa shape index (κ1) is 23.7. The van der Waals surface area contributed by atoms with E-state index < -0.39 is 0 Å². The minimum absolute atomic E-state index is 0.0253. The molecule has 0 radical (unpaired) electrons. The average molecular weight is 464 g/mol. The summed E-state index contributed by atoms with van der Waals surface area (Å²) in [6, 6.07) is 10.4. The van der Waals surface area contributed by atoms with Crippen molar-refractivity contribution in [2.24, 2.45) is 0 Å². The van der Waals surface area contributed by atoms with Crippen molar-refractivity contribution < 1.29 is 9.53 Å². The van der Waals surface area contributed by atoms with Crippen LogP contribution in [-0.4, -0.2) is 50.2 Å². The lowest BCUT2D eigenvalue weighted by molar-refractivity contribution is 0.181. The maximum atomic E-state index is 11.8. The predicted molar refractivity (Wildman–Crippen MR) is 132 cm³/mol. The second-order valence-corrected chi connectivity index (χ2v) is 8.57. The van der Waals surface area contributed by atoms with Crippen LogP contribution in [0.25, 0.3) is 0 Å². The van der Waals surface area contributed by atoms with E-state index in [0.717, 1.165) is 37.6 Å². The fourth-order valence-corrected chi connectivity index (χ4v) is 3.98. The number of aromatic nitrogens is 4. The molecule has 0 spiro atoms. The maximum Gasteiger partial charge on any atom is 0.415 e. The van der Waals surface area contributed by atoms with E-state index in [-0.39, 0.29) is 12.1 Å². The molecule has 180 valence electrons. The molecular weight excluding hydrogens is 430 g/mol. The zero-order valence-electron chi connectivity index (χ0n) is 20.1. The van der Waals surface area contributed by atoms with E-state index in [1.807, 2.05) is 12.4 Å². The Bertz CT molecular complexity index is 1080. The van der Waals surface area contributed by atoms with Gasteiger partial charge in [0.25, 0.3) is 0 Å². The van der Waals surface area contributed by atoms with Gasteiger partial charge in [0.05, 0.1) is 19.1 Å². The smallest absolute Gasteiger partial charge is 0.415 e. The molecule has 5 rings (SSSR count). The number of cyclic esters (lactones) is 1. The molecule has 9 heteroatoms. The van der Waals surface area contributed by atoms with E-state index in [1.165, 1.54) is 16.9 Å². The van der Waals surface area contributed by atoms with Gasteiger partial charge in [-0.15, -0.1) is 0 Å². The van der Waals surface area contributed by atoms with Gasteiger partial charge in [-0.25, -0.2) is 14.8 Å². The zero-order valence-corrected chi connectivity index (χ0v) is 20.1. The van der Waals surface area contributed by atoms with E-state index in [1.54, 1.807) is 12.3 Å². The molecule has 1 aromatic carbocycles. The largest absolute Gasteiger partial charge is 0.447 e. The van der Waals surface area contributed by atoms with Crippen LogP contribution in [0, 0.1) is 0 Å².